The van der Waals surface area contributed by atoms with Crippen LogP contribution in [0.1, 0.15) is 39.5 Å². The molecule has 1 fully saturated rings. The first-order valence-electron chi connectivity index (χ1n) is 8.95. The first-order chi connectivity index (χ1) is 12.7. The summed E-state index contributed by atoms with van der Waals surface area (Å²) in [5.41, 5.74) is -0.336. The largest absolute Gasteiger partial charge is 0.353 e. The van der Waals surface area contributed by atoms with E-state index in [0.717, 1.165) is 25.0 Å². The average molecular weight is 418 g/mol. The van der Waals surface area contributed by atoms with Gasteiger partial charge in [-0.2, -0.15) is 4.31 Å². The summed E-state index contributed by atoms with van der Waals surface area (Å²) in [4.78, 5) is 22.3. The van der Waals surface area contributed by atoms with Crippen LogP contribution in [0.3, 0.4) is 0 Å². The van der Waals surface area contributed by atoms with E-state index in [1.165, 1.54) is 10.4 Å². The summed E-state index contributed by atoms with van der Waals surface area (Å²) in [6.07, 6.45) is 2.50. The number of benzene rings is 1. The molecule has 0 bridgehead atoms. The molecule has 150 valence electrons. The molecule has 1 aromatic carbocycles. The highest BCUT2D eigenvalue weighted by molar-refractivity contribution is 7.89. The normalized spacial score (nSPS) is 16.4. The number of carbonyl (C=O) groups is 1. The predicted molar refractivity (Wildman–Crippen MR) is 102 cm³/mol. The first-order valence-corrected chi connectivity index (χ1v) is 10.8. The van der Waals surface area contributed by atoms with Crippen LogP contribution < -0.4 is 5.32 Å². The lowest BCUT2D eigenvalue weighted by atomic mass is 9.96. The fourth-order valence-electron chi connectivity index (χ4n) is 3.11. The molecule has 1 N–H and O–H groups in total. The highest BCUT2D eigenvalue weighted by atomic mass is 35.5. The number of hydrogen-bond donors (Lipinski definition) is 1. The van der Waals surface area contributed by atoms with Gasteiger partial charge in [0.1, 0.15) is 4.90 Å². The van der Waals surface area contributed by atoms with Crippen molar-refractivity contribution < 1.29 is 18.1 Å². The van der Waals surface area contributed by atoms with Gasteiger partial charge in [0.05, 0.1) is 9.95 Å². The molecule has 0 unspecified atom stereocenters. The van der Waals surface area contributed by atoms with Crippen LogP contribution in [-0.2, 0) is 14.8 Å². The summed E-state index contributed by atoms with van der Waals surface area (Å²) >= 11 is 5.98. The predicted octanol–water partition coefficient (Wildman–Crippen LogP) is 2.95. The van der Waals surface area contributed by atoms with Crippen molar-refractivity contribution in [1.29, 1.82) is 0 Å². The van der Waals surface area contributed by atoms with Crippen molar-refractivity contribution >= 4 is 33.2 Å². The number of nitro groups is 1. The highest BCUT2D eigenvalue weighted by Crippen LogP contribution is 2.31. The van der Waals surface area contributed by atoms with E-state index in [1.807, 2.05) is 13.8 Å². The molecule has 1 amide bonds. The van der Waals surface area contributed by atoms with Crippen LogP contribution in [0.4, 0.5) is 5.69 Å². The standard InChI is InChI=1S/C17H24ClN3O5S/c1-3-13(4-2)19-17(22)12-7-9-20(10-8-12)27(25,26)16-11-14(21(23)24)5-6-15(16)18/h5-6,11-13H,3-4,7-10H2,1-2H3,(H,19,22). The Kier molecular flexibility index (Phi) is 7.19. The van der Waals surface area contributed by atoms with Crippen LogP contribution in [0, 0.1) is 16.0 Å². The number of hydrogen-bond acceptors (Lipinski definition) is 5. The van der Waals surface area contributed by atoms with Crippen LogP contribution in [0.2, 0.25) is 5.02 Å². The van der Waals surface area contributed by atoms with Gasteiger partial charge in [0.15, 0.2) is 0 Å². The molecule has 1 heterocycles. The second-order valence-corrected chi connectivity index (χ2v) is 8.89. The summed E-state index contributed by atoms with van der Waals surface area (Å²) in [6.45, 7) is 4.35. The number of nitro benzene ring substituents is 1. The Labute approximate surface area is 164 Å². The molecule has 0 aliphatic carbocycles. The van der Waals surface area contributed by atoms with E-state index in [0.29, 0.717) is 12.8 Å². The van der Waals surface area contributed by atoms with E-state index < -0.39 is 14.9 Å². The third-order valence-electron chi connectivity index (χ3n) is 4.90. The summed E-state index contributed by atoms with van der Waals surface area (Å²) in [5, 5.41) is 13.9. The molecule has 1 aliphatic heterocycles. The maximum atomic E-state index is 12.8. The molecule has 27 heavy (non-hydrogen) atoms. The monoisotopic (exact) mass is 417 g/mol. The Balaban J connectivity index is 2.10. The summed E-state index contributed by atoms with van der Waals surface area (Å²) in [5.74, 6) is -0.285. The number of halogens is 1. The number of carbonyl (C=O) groups excluding carboxylic acids is 1. The second-order valence-electron chi connectivity index (χ2n) is 6.57. The van der Waals surface area contributed by atoms with Crippen LogP contribution in [0.5, 0.6) is 0 Å². The molecule has 1 aromatic rings. The van der Waals surface area contributed by atoms with Gasteiger partial charge < -0.3 is 5.32 Å². The van der Waals surface area contributed by atoms with E-state index in [1.54, 1.807) is 0 Å². The third kappa shape index (κ3) is 4.97. The zero-order valence-corrected chi connectivity index (χ0v) is 16.9. The molecule has 0 aromatic heterocycles. The summed E-state index contributed by atoms with van der Waals surface area (Å²) in [6, 6.07) is 3.48. The lowest BCUT2D eigenvalue weighted by Crippen LogP contribution is -2.45. The Bertz CT molecular complexity index is 803. The molecular weight excluding hydrogens is 394 g/mol. The molecule has 0 radical (unpaired) electrons. The third-order valence-corrected chi connectivity index (χ3v) is 7.28. The Morgan fingerprint density at radius 2 is 1.93 bits per heavy atom. The topological polar surface area (TPSA) is 110 Å². The summed E-state index contributed by atoms with van der Waals surface area (Å²) < 4.78 is 26.9. The van der Waals surface area contributed by atoms with E-state index in [4.69, 9.17) is 11.6 Å². The number of non-ortho nitro benzene ring substituents is 1. The Morgan fingerprint density at radius 3 is 2.44 bits per heavy atom. The maximum Gasteiger partial charge on any atom is 0.270 e. The minimum absolute atomic E-state index is 0.0471. The van der Waals surface area contributed by atoms with Gasteiger partial charge in [0.25, 0.3) is 5.69 Å². The van der Waals surface area contributed by atoms with Crippen LogP contribution >= 0.6 is 11.6 Å². The van der Waals surface area contributed by atoms with Crippen LogP contribution in [0.25, 0.3) is 0 Å². The van der Waals surface area contributed by atoms with Crippen molar-refractivity contribution in [3.05, 3.63) is 33.3 Å². The molecule has 8 nitrogen and oxygen atoms in total. The molecule has 10 heteroatoms. The smallest absolute Gasteiger partial charge is 0.270 e. The summed E-state index contributed by atoms with van der Waals surface area (Å²) in [7, 11) is -3.96. The molecule has 1 aliphatic rings. The fraction of sp³-hybridized carbons (Fsp3) is 0.588. The van der Waals surface area contributed by atoms with Gasteiger partial charge in [0.2, 0.25) is 15.9 Å². The SMILES string of the molecule is CCC(CC)NC(=O)C1CCN(S(=O)(=O)c2cc([N+](=O)[O-])ccc2Cl)CC1. The zero-order valence-electron chi connectivity index (χ0n) is 15.4. The van der Waals surface area contributed by atoms with Gasteiger partial charge in [-0.25, -0.2) is 8.42 Å². The number of rotatable bonds is 7. The van der Waals surface area contributed by atoms with Crippen molar-refractivity contribution in [3.63, 3.8) is 0 Å². The molecular formula is C17H24ClN3O5S. The van der Waals surface area contributed by atoms with E-state index in [2.05, 4.69) is 5.32 Å². The Morgan fingerprint density at radius 1 is 1.33 bits per heavy atom. The first kappa shape index (κ1) is 21.6. The molecule has 2 rings (SSSR count). The molecule has 1 saturated heterocycles. The maximum absolute atomic E-state index is 12.8. The van der Waals surface area contributed by atoms with Crippen molar-refractivity contribution in [2.75, 3.05) is 13.1 Å². The van der Waals surface area contributed by atoms with Crippen LogP contribution in [0.15, 0.2) is 23.1 Å². The minimum Gasteiger partial charge on any atom is -0.353 e. The number of nitrogens with zero attached hydrogens (tertiary/aromatic N) is 2. The molecule has 0 saturated carbocycles. The van der Waals surface area contributed by atoms with Gasteiger partial charge >= 0.3 is 0 Å². The number of piperidine rings is 1. The highest BCUT2D eigenvalue weighted by Gasteiger charge is 2.34. The van der Waals surface area contributed by atoms with Crippen molar-refractivity contribution in [2.45, 2.75) is 50.5 Å². The molecule has 0 spiro atoms. The van der Waals surface area contributed by atoms with Gasteiger partial charge in [0, 0.05) is 37.2 Å². The number of amides is 1. The van der Waals surface area contributed by atoms with Gasteiger partial charge in [-0.1, -0.05) is 25.4 Å². The van der Waals surface area contributed by atoms with Crippen molar-refractivity contribution in [1.82, 2.24) is 9.62 Å². The molecule has 0 atom stereocenters. The quantitative estimate of drug-likeness (QED) is 0.541. The van der Waals surface area contributed by atoms with Gasteiger partial charge in [-0.05, 0) is 31.7 Å². The second kappa shape index (κ2) is 8.99. The van der Waals surface area contributed by atoms with Gasteiger partial charge in [-0.3, -0.25) is 14.9 Å². The van der Waals surface area contributed by atoms with E-state index in [9.17, 15) is 23.3 Å². The fourth-order valence-corrected chi connectivity index (χ4v) is 5.08. The van der Waals surface area contributed by atoms with Gasteiger partial charge in [-0.15, -0.1) is 0 Å². The average Bonchev–Trinajstić information content (AvgIpc) is 2.66. The van der Waals surface area contributed by atoms with E-state index >= 15 is 0 Å². The van der Waals surface area contributed by atoms with Crippen LogP contribution in [-0.4, -0.2) is 42.7 Å². The lowest BCUT2D eigenvalue weighted by Gasteiger charge is -2.31. The lowest BCUT2D eigenvalue weighted by molar-refractivity contribution is -0.385. The van der Waals surface area contributed by atoms with Crippen molar-refractivity contribution in [2.24, 2.45) is 5.92 Å². The van der Waals surface area contributed by atoms with E-state index in [-0.39, 0.29) is 46.6 Å². The van der Waals surface area contributed by atoms with Crippen molar-refractivity contribution in [3.8, 4) is 0 Å². The minimum atomic E-state index is -3.96. The zero-order chi connectivity index (χ0) is 20.2. The number of nitrogens with one attached hydrogen (secondary N) is 1. The Hall–Kier alpha value is -1.71. The number of sulfonamides is 1.